The van der Waals surface area contributed by atoms with Crippen LogP contribution in [-0.2, 0) is 10.3 Å². The maximum Gasteiger partial charge on any atom is 0.228 e. The minimum atomic E-state index is -0.177. The van der Waals surface area contributed by atoms with Gasteiger partial charge in [0.05, 0.1) is 5.56 Å². The van der Waals surface area contributed by atoms with Crippen LogP contribution in [0.4, 0.5) is 5.82 Å². The van der Waals surface area contributed by atoms with Crippen LogP contribution in [0.3, 0.4) is 0 Å². The highest BCUT2D eigenvalue weighted by atomic mass is 35.5. The third-order valence-corrected chi connectivity index (χ3v) is 3.79. The van der Waals surface area contributed by atoms with Crippen LogP contribution in [0.15, 0.2) is 12.3 Å². The molecule has 1 fully saturated rings. The Hall–Kier alpha value is -1.47. The molecule has 1 aromatic heterocycles. The zero-order valence-corrected chi connectivity index (χ0v) is 12.2. The Morgan fingerprint density at radius 3 is 2.68 bits per heavy atom. The number of aromatic nitrogens is 1. The number of rotatable bonds is 2. The van der Waals surface area contributed by atoms with Gasteiger partial charge in [0.15, 0.2) is 0 Å². The Balaban J connectivity index is 2.42. The highest BCUT2D eigenvalue weighted by Gasteiger charge is 2.33. The Labute approximate surface area is 118 Å². The summed E-state index contributed by atoms with van der Waals surface area (Å²) in [6.45, 7) is 6.79. The summed E-state index contributed by atoms with van der Waals surface area (Å²) < 4.78 is 1.99. The quantitative estimate of drug-likeness (QED) is 0.782. The predicted molar refractivity (Wildman–Crippen MR) is 75.3 cm³/mol. The van der Waals surface area contributed by atoms with Crippen LogP contribution >= 0.6 is 11.6 Å². The van der Waals surface area contributed by atoms with Crippen molar-refractivity contribution >= 4 is 23.3 Å². The van der Waals surface area contributed by atoms with E-state index >= 15 is 0 Å². The molecule has 4 nitrogen and oxygen atoms in total. The Kier molecular flexibility index (Phi) is 3.60. The number of carbonyl (C=O) groups excluding carboxylic acids is 1. The molecule has 1 aliphatic rings. The first-order valence-corrected chi connectivity index (χ1v) is 6.89. The molecule has 0 radical (unpaired) electrons. The summed E-state index contributed by atoms with van der Waals surface area (Å²) in [7, 11) is 0. The second-order valence-electron chi connectivity index (χ2n) is 5.97. The van der Waals surface area contributed by atoms with Gasteiger partial charge in [-0.3, -0.25) is 9.69 Å². The highest BCUT2D eigenvalue weighted by Crippen LogP contribution is 2.31. The van der Waals surface area contributed by atoms with Gasteiger partial charge in [-0.2, -0.15) is 5.26 Å². The number of alkyl halides is 1. The van der Waals surface area contributed by atoms with Crippen molar-refractivity contribution in [3.05, 3.63) is 17.8 Å². The monoisotopic (exact) mass is 279 g/mol. The summed E-state index contributed by atoms with van der Waals surface area (Å²) in [6.07, 6.45) is 2.29. The number of halogens is 1. The number of nitrogens with zero attached hydrogens (tertiary/aromatic N) is 3. The zero-order valence-electron chi connectivity index (χ0n) is 11.5. The van der Waals surface area contributed by atoms with Crippen LogP contribution in [0, 0.1) is 17.2 Å². The van der Waals surface area contributed by atoms with Gasteiger partial charge in [-0.1, -0.05) is 0 Å². The average Bonchev–Trinajstić information content (AvgIpc) is 2.91. The van der Waals surface area contributed by atoms with Crippen LogP contribution in [0.5, 0.6) is 0 Å². The molecule has 1 unspecified atom stereocenters. The number of hydrogen-bond donors (Lipinski definition) is 0. The second kappa shape index (κ2) is 4.90. The Morgan fingerprint density at radius 2 is 2.21 bits per heavy atom. The van der Waals surface area contributed by atoms with Crippen LogP contribution in [0.1, 0.15) is 32.8 Å². The first-order valence-electron chi connectivity index (χ1n) is 6.36. The molecule has 1 aromatic rings. The number of hydrogen-bond acceptors (Lipinski definition) is 2. The van der Waals surface area contributed by atoms with Gasteiger partial charge in [-0.15, -0.1) is 11.6 Å². The van der Waals surface area contributed by atoms with E-state index in [2.05, 4.69) is 26.8 Å². The molecule has 0 saturated carbocycles. The van der Waals surface area contributed by atoms with Gasteiger partial charge in [-0.25, -0.2) is 0 Å². The molecule has 0 bridgehead atoms. The second-order valence-corrected chi connectivity index (χ2v) is 6.28. The molecule has 2 rings (SSSR count). The summed E-state index contributed by atoms with van der Waals surface area (Å²) in [5.41, 5.74) is 0.399. The molecule has 0 N–H and O–H groups in total. The van der Waals surface area contributed by atoms with E-state index in [1.807, 2.05) is 4.57 Å². The molecule has 5 heteroatoms. The number of amides is 1. The Morgan fingerprint density at radius 1 is 1.53 bits per heavy atom. The van der Waals surface area contributed by atoms with Gasteiger partial charge in [0.25, 0.3) is 0 Å². The van der Waals surface area contributed by atoms with Gasteiger partial charge in [0, 0.05) is 30.6 Å². The largest absolute Gasteiger partial charge is 0.328 e. The molecule has 0 spiro atoms. The van der Waals surface area contributed by atoms with Crippen LogP contribution in [0.25, 0.3) is 0 Å². The lowest BCUT2D eigenvalue weighted by molar-refractivity contribution is -0.117. The first kappa shape index (κ1) is 14.0. The number of anilines is 1. The van der Waals surface area contributed by atoms with Crippen LogP contribution in [0.2, 0.25) is 0 Å². The molecular weight excluding hydrogens is 262 g/mol. The molecule has 19 heavy (non-hydrogen) atoms. The normalized spacial score (nSPS) is 19.8. The average molecular weight is 280 g/mol. The summed E-state index contributed by atoms with van der Waals surface area (Å²) >= 11 is 5.85. The van der Waals surface area contributed by atoms with Crippen molar-refractivity contribution in [3.8, 4) is 6.07 Å². The maximum absolute atomic E-state index is 12.1. The molecule has 102 valence electrons. The third-order valence-electron chi connectivity index (χ3n) is 3.35. The molecule has 1 amide bonds. The molecule has 1 saturated heterocycles. The predicted octanol–water partition coefficient (Wildman–Crippen LogP) is 2.71. The lowest BCUT2D eigenvalue weighted by Gasteiger charge is -2.28. The fraction of sp³-hybridized carbons (Fsp3) is 0.571. The summed E-state index contributed by atoms with van der Waals surface area (Å²) in [5.74, 6) is 1.56. The van der Waals surface area contributed by atoms with Crippen molar-refractivity contribution in [2.24, 2.45) is 5.92 Å². The minimum Gasteiger partial charge on any atom is -0.328 e. The van der Waals surface area contributed by atoms with E-state index in [9.17, 15) is 4.79 Å². The maximum atomic E-state index is 12.1. The molecule has 0 aliphatic carbocycles. The molecule has 0 aromatic carbocycles. The van der Waals surface area contributed by atoms with E-state index in [0.717, 1.165) is 5.82 Å². The van der Waals surface area contributed by atoms with Crippen molar-refractivity contribution in [2.75, 3.05) is 17.3 Å². The van der Waals surface area contributed by atoms with Crippen molar-refractivity contribution in [1.29, 1.82) is 5.26 Å². The zero-order chi connectivity index (χ0) is 14.2. The summed E-state index contributed by atoms with van der Waals surface area (Å²) in [4.78, 5) is 13.8. The number of nitriles is 1. The summed E-state index contributed by atoms with van der Waals surface area (Å²) in [6, 6.07) is 3.92. The van der Waals surface area contributed by atoms with Gasteiger partial charge in [0.1, 0.15) is 11.9 Å². The van der Waals surface area contributed by atoms with Crippen molar-refractivity contribution < 1.29 is 4.79 Å². The standard InChI is InChI=1S/C14H18ClN3O/c1-14(2,3)18-9-11(7-16)4-12(18)17-8-10(6-15)5-13(17)19/h4,9-10H,5-6,8H2,1-3H3. The van der Waals surface area contributed by atoms with Crippen molar-refractivity contribution in [2.45, 2.75) is 32.7 Å². The molecule has 1 atom stereocenters. The van der Waals surface area contributed by atoms with Gasteiger partial charge in [0.2, 0.25) is 5.91 Å². The minimum absolute atomic E-state index is 0.0822. The van der Waals surface area contributed by atoms with E-state index in [-0.39, 0.29) is 17.4 Å². The van der Waals surface area contributed by atoms with Crippen LogP contribution < -0.4 is 4.90 Å². The number of carbonyl (C=O) groups is 1. The van der Waals surface area contributed by atoms with Gasteiger partial charge >= 0.3 is 0 Å². The Bertz CT molecular complexity index is 536. The van der Waals surface area contributed by atoms with E-state index in [4.69, 9.17) is 16.9 Å². The topological polar surface area (TPSA) is 49.0 Å². The lowest BCUT2D eigenvalue weighted by Crippen LogP contribution is -2.31. The highest BCUT2D eigenvalue weighted by molar-refractivity contribution is 6.18. The van der Waals surface area contributed by atoms with Crippen molar-refractivity contribution in [1.82, 2.24) is 4.57 Å². The van der Waals surface area contributed by atoms with E-state index in [0.29, 0.717) is 24.4 Å². The van der Waals surface area contributed by atoms with E-state index in [1.54, 1.807) is 17.2 Å². The molecule has 2 heterocycles. The first-order chi connectivity index (χ1) is 8.86. The van der Waals surface area contributed by atoms with E-state index < -0.39 is 0 Å². The van der Waals surface area contributed by atoms with Gasteiger partial charge < -0.3 is 4.57 Å². The smallest absolute Gasteiger partial charge is 0.228 e. The van der Waals surface area contributed by atoms with Gasteiger partial charge in [-0.05, 0) is 32.8 Å². The fourth-order valence-corrected chi connectivity index (χ4v) is 2.57. The molecule has 1 aliphatic heterocycles. The fourth-order valence-electron chi connectivity index (χ4n) is 2.36. The van der Waals surface area contributed by atoms with Crippen molar-refractivity contribution in [3.63, 3.8) is 0 Å². The van der Waals surface area contributed by atoms with Crippen LogP contribution in [-0.4, -0.2) is 22.9 Å². The summed E-state index contributed by atoms with van der Waals surface area (Å²) in [5, 5.41) is 9.06. The molecular formula is C14H18ClN3O. The lowest BCUT2D eigenvalue weighted by atomic mass is 10.1. The van der Waals surface area contributed by atoms with E-state index in [1.165, 1.54) is 0 Å². The third kappa shape index (κ3) is 2.62. The SMILES string of the molecule is CC(C)(C)n1cc(C#N)cc1N1CC(CCl)CC1=O.